The Labute approximate surface area is 123 Å². The summed E-state index contributed by atoms with van der Waals surface area (Å²) >= 11 is 0. The third-order valence-corrected chi connectivity index (χ3v) is 3.75. The topological polar surface area (TPSA) is 69.6 Å². The highest BCUT2D eigenvalue weighted by Gasteiger charge is 2.14. The number of para-hydroxylation sites is 1. The Morgan fingerprint density at radius 1 is 1.24 bits per heavy atom. The molecule has 0 aliphatic heterocycles. The molecule has 0 bridgehead atoms. The monoisotopic (exact) mass is 281 g/mol. The predicted molar refractivity (Wildman–Crippen MR) is 82.8 cm³/mol. The third kappa shape index (κ3) is 2.64. The Morgan fingerprint density at radius 3 is 2.81 bits per heavy atom. The van der Waals surface area contributed by atoms with Gasteiger partial charge in [0.1, 0.15) is 0 Å². The van der Waals surface area contributed by atoms with Crippen molar-refractivity contribution in [3.8, 4) is 0 Å². The number of aromatic nitrogens is 4. The van der Waals surface area contributed by atoms with Crippen LogP contribution in [-0.4, -0.2) is 19.7 Å². The molecule has 0 aliphatic rings. The minimum atomic E-state index is -0.120. The van der Waals surface area contributed by atoms with Crippen LogP contribution in [0, 0.1) is 0 Å². The van der Waals surface area contributed by atoms with Gasteiger partial charge in [-0.05, 0) is 24.1 Å². The fourth-order valence-electron chi connectivity index (χ4n) is 2.58. The lowest BCUT2D eigenvalue weighted by Crippen LogP contribution is -2.16. The van der Waals surface area contributed by atoms with E-state index in [9.17, 15) is 0 Å². The molecule has 2 heterocycles. The number of hydrogen-bond acceptors (Lipinski definition) is 4. The van der Waals surface area contributed by atoms with Crippen LogP contribution < -0.4 is 5.73 Å². The van der Waals surface area contributed by atoms with Crippen LogP contribution in [0.15, 0.2) is 36.7 Å². The van der Waals surface area contributed by atoms with Crippen LogP contribution in [0.3, 0.4) is 0 Å². The van der Waals surface area contributed by atoms with Gasteiger partial charge in [0.05, 0.1) is 16.7 Å². The lowest BCUT2D eigenvalue weighted by Gasteiger charge is -2.13. The van der Waals surface area contributed by atoms with E-state index < -0.39 is 0 Å². The molecule has 3 aromatic rings. The van der Waals surface area contributed by atoms with E-state index in [1.165, 1.54) is 0 Å². The van der Waals surface area contributed by atoms with Gasteiger partial charge in [-0.1, -0.05) is 19.1 Å². The third-order valence-electron chi connectivity index (χ3n) is 3.75. The van der Waals surface area contributed by atoms with Gasteiger partial charge >= 0.3 is 0 Å². The second-order valence-corrected chi connectivity index (χ2v) is 5.19. The molecule has 5 heteroatoms. The Hall–Kier alpha value is -2.27. The van der Waals surface area contributed by atoms with Gasteiger partial charge in [0.2, 0.25) is 0 Å². The molecule has 108 valence electrons. The van der Waals surface area contributed by atoms with Gasteiger partial charge < -0.3 is 5.73 Å². The second kappa shape index (κ2) is 5.61. The van der Waals surface area contributed by atoms with E-state index in [-0.39, 0.29) is 6.04 Å². The summed E-state index contributed by atoms with van der Waals surface area (Å²) in [5, 5.41) is 4.47. The van der Waals surface area contributed by atoms with Crippen molar-refractivity contribution in [2.75, 3.05) is 0 Å². The maximum Gasteiger partial charge on any atom is 0.0934 e. The molecule has 0 spiro atoms. The zero-order valence-electron chi connectivity index (χ0n) is 12.3. The first-order chi connectivity index (χ1) is 10.2. The van der Waals surface area contributed by atoms with Crippen molar-refractivity contribution in [1.29, 1.82) is 0 Å². The van der Waals surface area contributed by atoms with E-state index in [1.807, 2.05) is 29.9 Å². The van der Waals surface area contributed by atoms with Crippen LogP contribution in [-0.2, 0) is 19.9 Å². The summed E-state index contributed by atoms with van der Waals surface area (Å²) in [6.45, 7) is 2.10. The fourth-order valence-corrected chi connectivity index (χ4v) is 2.58. The first-order valence-corrected chi connectivity index (χ1v) is 7.16. The van der Waals surface area contributed by atoms with Crippen LogP contribution in [0.2, 0.25) is 0 Å². The van der Waals surface area contributed by atoms with E-state index in [2.05, 4.69) is 28.1 Å². The molecule has 0 aliphatic carbocycles. The lowest BCUT2D eigenvalue weighted by molar-refractivity contribution is 0.640. The van der Waals surface area contributed by atoms with Gasteiger partial charge in [0.25, 0.3) is 0 Å². The summed E-state index contributed by atoms with van der Waals surface area (Å²) in [4.78, 5) is 8.75. The Balaban J connectivity index is 1.93. The van der Waals surface area contributed by atoms with Crippen molar-refractivity contribution < 1.29 is 0 Å². The average Bonchev–Trinajstić information content (AvgIpc) is 2.87. The molecule has 0 saturated heterocycles. The van der Waals surface area contributed by atoms with Crippen molar-refractivity contribution in [1.82, 2.24) is 19.7 Å². The minimum absolute atomic E-state index is 0.120. The van der Waals surface area contributed by atoms with Gasteiger partial charge in [-0.2, -0.15) is 5.10 Å². The normalized spacial score (nSPS) is 12.7. The Kier molecular flexibility index (Phi) is 3.66. The molecule has 1 atom stereocenters. The zero-order chi connectivity index (χ0) is 14.8. The van der Waals surface area contributed by atoms with E-state index in [4.69, 9.17) is 5.73 Å². The summed E-state index contributed by atoms with van der Waals surface area (Å²) in [6.07, 6.45) is 5.08. The van der Waals surface area contributed by atoms with Crippen LogP contribution >= 0.6 is 0 Å². The largest absolute Gasteiger partial charge is 0.324 e. The molecule has 5 nitrogen and oxygen atoms in total. The highest BCUT2D eigenvalue weighted by atomic mass is 15.3. The number of nitrogens with zero attached hydrogens (tertiary/aromatic N) is 4. The number of hydrogen-bond donors (Lipinski definition) is 1. The number of aryl methyl sites for hydroxylation is 2. The van der Waals surface area contributed by atoms with Crippen molar-refractivity contribution in [3.05, 3.63) is 53.6 Å². The van der Waals surface area contributed by atoms with E-state index in [0.717, 1.165) is 40.8 Å². The summed E-state index contributed by atoms with van der Waals surface area (Å²) in [5.74, 6) is 0. The Bertz CT molecular complexity index is 757. The van der Waals surface area contributed by atoms with E-state index in [1.54, 1.807) is 12.4 Å². The SMILES string of the molecule is CCc1cc(CC(N)c2cccc3nccnc23)n(C)n1. The second-order valence-electron chi connectivity index (χ2n) is 5.19. The lowest BCUT2D eigenvalue weighted by atomic mass is 10.0. The number of nitrogens with two attached hydrogens (primary N) is 1. The standard InChI is InChI=1S/C16H19N5/c1-3-11-9-12(21(2)20-11)10-14(17)13-5-4-6-15-16(13)19-8-7-18-15/h4-9,14H,3,10,17H2,1-2H3. The van der Waals surface area contributed by atoms with Gasteiger partial charge in [-0.25, -0.2) is 0 Å². The summed E-state index contributed by atoms with van der Waals surface area (Å²) < 4.78 is 1.91. The van der Waals surface area contributed by atoms with Crippen LogP contribution in [0.4, 0.5) is 0 Å². The number of benzene rings is 1. The number of fused-ring (bicyclic) bond motifs is 1. The molecular weight excluding hydrogens is 262 g/mol. The highest BCUT2D eigenvalue weighted by molar-refractivity contribution is 5.78. The molecule has 1 unspecified atom stereocenters. The molecule has 21 heavy (non-hydrogen) atoms. The predicted octanol–water partition coefficient (Wildman–Crippen LogP) is 2.17. The molecule has 2 N–H and O–H groups in total. The molecule has 2 aromatic heterocycles. The van der Waals surface area contributed by atoms with Gasteiger partial charge in [0, 0.05) is 37.6 Å². The van der Waals surface area contributed by atoms with Gasteiger partial charge in [-0.15, -0.1) is 0 Å². The van der Waals surface area contributed by atoms with Crippen LogP contribution in [0.5, 0.6) is 0 Å². The summed E-state index contributed by atoms with van der Waals surface area (Å²) in [7, 11) is 1.96. The summed E-state index contributed by atoms with van der Waals surface area (Å²) in [6, 6.07) is 7.96. The van der Waals surface area contributed by atoms with Crippen molar-refractivity contribution in [2.24, 2.45) is 12.8 Å². The maximum absolute atomic E-state index is 6.40. The van der Waals surface area contributed by atoms with Crippen molar-refractivity contribution >= 4 is 11.0 Å². The van der Waals surface area contributed by atoms with Gasteiger partial charge in [0.15, 0.2) is 0 Å². The van der Waals surface area contributed by atoms with Crippen molar-refractivity contribution in [2.45, 2.75) is 25.8 Å². The highest BCUT2D eigenvalue weighted by Crippen LogP contribution is 2.22. The molecule has 1 aromatic carbocycles. The quantitative estimate of drug-likeness (QED) is 0.795. The molecule has 0 amide bonds. The minimum Gasteiger partial charge on any atom is -0.324 e. The smallest absolute Gasteiger partial charge is 0.0934 e. The first-order valence-electron chi connectivity index (χ1n) is 7.16. The fraction of sp³-hybridized carbons (Fsp3) is 0.312. The number of rotatable bonds is 4. The molecular formula is C16H19N5. The molecule has 0 saturated carbocycles. The average molecular weight is 281 g/mol. The molecule has 0 fully saturated rings. The van der Waals surface area contributed by atoms with E-state index in [0.29, 0.717) is 0 Å². The first kappa shape index (κ1) is 13.7. The van der Waals surface area contributed by atoms with Gasteiger partial charge in [-0.3, -0.25) is 14.6 Å². The maximum atomic E-state index is 6.40. The molecule has 0 radical (unpaired) electrons. The Morgan fingerprint density at radius 2 is 2.05 bits per heavy atom. The van der Waals surface area contributed by atoms with E-state index >= 15 is 0 Å². The van der Waals surface area contributed by atoms with Crippen LogP contribution in [0.25, 0.3) is 11.0 Å². The molecule has 3 rings (SSSR count). The summed E-state index contributed by atoms with van der Waals surface area (Å²) in [5.41, 5.74) is 11.4. The van der Waals surface area contributed by atoms with Crippen LogP contribution in [0.1, 0.15) is 29.9 Å². The zero-order valence-corrected chi connectivity index (χ0v) is 12.3. The van der Waals surface area contributed by atoms with Crippen molar-refractivity contribution in [3.63, 3.8) is 0 Å².